The van der Waals surface area contributed by atoms with Crippen LogP contribution in [0.2, 0.25) is 5.02 Å². The standard InChI is InChI=1S/C13H13ClN2O3S2/c1-7-4-9(10(14)5-8(7)2)12(17)16-13-15-11(6-20-13)21(3,18)19/h4-6H,1-3H3,(H,15,16,17). The molecule has 1 aromatic heterocycles. The van der Waals surface area contributed by atoms with Gasteiger partial charge in [0.2, 0.25) is 0 Å². The Kier molecular flexibility index (Phi) is 4.36. The monoisotopic (exact) mass is 344 g/mol. The minimum absolute atomic E-state index is 0.0611. The number of aryl methyl sites for hydroxylation is 2. The Hall–Kier alpha value is -1.44. The average molecular weight is 345 g/mol. The van der Waals surface area contributed by atoms with Crippen molar-refractivity contribution in [1.82, 2.24) is 4.98 Å². The molecule has 5 nitrogen and oxygen atoms in total. The topological polar surface area (TPSA) is 76.1 Å². The lowest BCUT2D eigenvalue weighted by molar-refractivity contribution is 0.102. The quantitative estimate of drug-likeness (QED) is 0.928. The molecule has 2 aromatic rings. The van der Waals surface area contributed by atoms with E-state index in [4.69, 9.17) is 11.6 Å². The second kappa shape index (κ2) is 5.75. The first-order chi connectivity index (χ1) is 9.68. The van der Waals surface area contributed by atoms with E-state index in [0.717, 1.165) is 28.7 Å². The number of nitrogens with zero attached hydrogens (tertiary/aromatic N) is 1. The number of carbonyl (C=O) groups is 1. The summed E-state index contributed by atoms with van der Waals surface area (Å²) in [6.07, 6.45) is 1.06. The lowest BCUT2D eigenvalue weighted by Crippen LogP contribution is -2.13. The SMILES string of the molecule is Cc1cc(Cl)c(C(=O)Nc2nc(S(C)(=O)=O)cs2)cc1C. The summed E-state index contributed by atoms with van der Waals surface area (Å²) in [6, 6.07) is 3.41. The Morgan fingerprint density at radius 3 is 2.48 bits per heavy atom. The fourth-order valence-corrected chi connectivity index (χ4v) is 3.64. The van der Waals surface area contributed by atoms with Gasteiger partial charge in [-0.2, -0.15) is 0 Å². The van der Waals surface area contributed by atoms with Gasteiger partial charge in [0.1, 0.15) is 0 Å². The van der Waals surface area contributed by atoms with Gasteiger partial charge < -0.3 is 0 Å². The molecular weight excluding hydrogens is 332 g/mol. The molecule has 112 valence electrons. The lowest BCUT2D eigenvalue weighted by atomic mass is 10.1. The second-order valence-corrected chi connectivity index (χ2v) is 7.86. The zero-order valence-electron chi connectivity index (χ0n) is 11.6. The molecule has 1 heterocycles. The van der Waals surface area contributed by atoms with E-state index in [1.807, 2.05) is 13.8 Å². The minimum Gasteiger partial charge on any atom is -0.298 e. The van der Waals surface area contributed by atoms with Gasteiger partial charge in [0.25, 0.3) is 5.91 Å². The zero-order chi connectivity index (χ0) is 15.8. The third-order valence-corrected chi connectivity index (χ3v) is 5.10. The molecule has 1 aromatic carbocycles. The highest BCUT2D eigenvalue weighted by molar-refractivity contribution is 7.90. The molecule has 0 bridgehead atoms. The van der Waals surface area contributed by atoms with E-state index in [-0.39, 0.29) is 10.2 Å². The van der Waals surface area contributed by atoms with E-state index < -0.39 is 15.7 Å². The molecule has 1 amide bonds. The van der Waals surface area contributed by atoms with Crippen LogP contribution < -0.4 is 5.32 Å². The molecule has 0 atom stereocenters. The molecule has 2 rings (SSSR count). The average Bonchev–Trinajstić information content (AvgIpc) is 2.82. The highest BCUT2D eigenvalue weighted by atomic mass is 35.5. The van der Waals surface area contributed by atoms with Crippen LogP contribution in [0.25, 0.3) is 0 Å². The fraction of sp³-hybridized carbons (Fsp3) is 0.231. The van der Waals surface area contributed by atoms with Crippen LogP contribution in [0, 0.1) is 13.8 Å². The summed E-state index contributed by atoms with van der Waals surface area (Å²) in [7, 11) is -3.38. The van der Waals surface area contributed by atoms with Gasteiger partial charge >= 0.3 is 0 Å². The number of halogens is 1. The van der Waals surface area contributed by atoms with Gasteiger partial charge in [0.05, 0.1) is 10.6 Å². The summed E-state index contributed by atoms with van der Waals surface area (Å²) in [5.41, 5.74) is 2.27. The Morgan fingerprint density at radius 1 is 1.29 bits per heavy atom. The molecule has 1 N–H and O–H groups in total. The second-order valence-electron chi connectivity index (χ2n) is 4.63. The largest absolute Gasteiger partial charge is 0.298 e. The van der Waals surface area contributed by atoms with Gasteiger partial charge in [-0.05, 0) is 37.1 Å². The number of nitrogens with one attached hydrogen (secondary N) is 1. The third kappa shape index (κ3) is 3.61. The number of thiazole rings is 1. The maximum absolute atomic E-state index is 12.2. The number of benzene rings is 1. The van der Waals surface area contributed by atoms with Crippen molar-refractivity contribution in [3.63, 3.8) is 0 Å². The highest BCUT2D eigenvalue weighted by Gasteiger charge is 2.16. The molecule has 21 heavy (non-hydrogen) atoms. The van der Waals surface area contributed by atoms with Crippen LogP contribution >= 0.6 is 22.9 Å². The molecule has 0 aliphatic rings. The van der Waals surface area contributed by atoms with Gasteiger partial charge in [-0.15, -0.1) is 11.3 Å². The summed E-state index contributed by atoms with van der Waals surface area (Å²) in [4.78, 5) is 16.1. The number of hydrogen-bond donors (Lipinski definition) is 1. The highest BCUT2D eigenvalue weighted by Crippen LogP contribution is 2.24. The molecule has 0 fully saturated rings. The van der Waals surface area contributed by atoms with Crippen molar-refractivity contribution in [3.8, 4) is 0 Å². The number of amides is 1. The molecule has 0 unspecified atom stereocenters. The lowest BCUT2D eigenvalue weighted by Gasteiger charge is -2.07. The Bertz CT molecular complexity index is 813. The summed E-state index contributed by atoms with van der Waals surface area (Å²) in [6.45, 7) is 3.79. The van der Waals surface area contributed by atoms with Crippen molar-refractivity contribution < 1.29 is 13.2 Å². The van der Waals surface area contributed by atoms with Gasteiger partial charge in [0, 0.05) is 11.6 Å². The van der Waals surface area contributed by atoms with Crippen molar-refractivity contribution in [1.29, 1.82) is 0 Å². The normalized spacial score (nSPS) is 11.4. The number of sulfone groups is 1. The summed E-state index contributed by atoms with van der Waals surface area (Å²) < 4.78 is 22.7. The van der Waals surface area contributed by atoms with Crippen LogP contribution in [0.4, 0.5) is 5.13 Å². The molecule has 0 saturated carbocycles. The van der Waals surface area contributed by atoms with Crippen molar-refractivity contribution >= 4 is 43.8 Å². The number of carbonyl (C=O) groups excluding carboxylic acids is 1. The first kappa shape index (κ1) is 15.9. The van der Waals surface area contributed by atoms with Crippen molar-refractivity contribution in [2.45, 2.75) is 18.9 Å². The first-order valence-electron chi connectivity index (χ1n) is 5.92. The first-order valence-corrected chi connectivity index (χ1v) is 9.07. The van der Waals surface area contributed by atoms with Crippen LogP contribution in [-0.4, -0.2) is 25.6 Å². The van der Waals surface area contributed by atoms with Crippen LogP contribution in [0.5, 0.6) is 0 Å². The van der Waals surface area contributed by atoms with Crippen LogP contribution in [-0.2, 0) is 9.84 Å². The van der Waals surface area contributed by atoms with Crippen molar-refractivity contribution in [3.05, 3.63) is 39.2 Å². The maximum Gasteiger partial charge on any atom is 0.258 e. The maximum atomic E-state index is 12.2. The van der Waals surface area contributed by atoms with Crippen LogP contribution in [0.1, 0.15) is 21.5 Å². The summed E-state index contributed by atoms with van der Waals surface area (Å²) in [5.74, 6) is -0.419. The van der Waals surface area contributed by atoms with Gasteiger partial charge in [-0.3, -0.25) is 10.1 Å². The molecule has 0 aliphatic heterocycles. The number of anilines is 1. The van der Waals surface area contributed by atoms with E-state index in [1.165, 1.54) is 5.38 Å². The predicted molar refractivity (Wildman–Crippen MR) is 84.1 cm³/mol. The van der Waals surface area contributed by atoms with Gasteiger partial charge in [-0.25, -0.2) is 13.4 Å². The minimum atomic E-state index is -3.38. The van der Waals surface area contributed by atoms with E-state index >= 15 is 0 Å². The molecule has 0 spiro atoms. The van der Waals surface area contributed by atoms with Crippen molar-refractivity contribution in [2.75, 3.05) is 11.6 Å². The summed E-state index contributed by atoms with van der Waals surface area (Å²) in [5, 5.41) is 4.44. The van der Waals surface area contributed by atoms with E-state index in [2.05, 4.69) is 10.3 Å². The third-order valence-electron chi connectivity index (χ3n) is 2.91. The smallest absolute Gasteiger partial charge is 0.258 e. The zero-order valence-corrected chi connectivity index (χ0v) is 14.0. The molecule has 0 saturated heterocycles. The molecule has 0 radical (unpaired) electrons. The Morgan fingerprint density at radius 2 is 1.90 bits per heavy atom. The predicted octanol–water partition coefficient (Wildman–Crippen LogP) is 3.07. The van der Waals surface area contributed by atoms with Gasteiger partial charge in [0.15, 0.2) is 20.0 Å². The van der Waals surface area contributed by atoms with E-state index in [1.54, 1.807) is 12.1 Å². The van der Waals surface area contributed by atoms with Crippen molar-refractivity contribution in [2.24, 2.45) is 0 Å². The summed E-state index contributed by atoms with van der Waals surface area (Å²) >= 11 is 7.11. The number of aromatic nitrogens is 1. The Balaban J connectivity index is 2.26. The fourth-order valence-electron chi connectivity index (χ4n) is 1.61. The number of hydrogen-bond acceptors (Lipinski definition) is 5. The van der Waals surface area contributed by atoms with Crippen LogP contribution in [0.3, 0.4) is 0 Å². The Labute approximate surface area is 131 Å². The number of rotatable bonds is 3. The van der Waals surface area contributed by atoms with Gasteiger partial charge in [-0.1, -0.05) is 11.6 Å². The molecular formula is C13H13ClN2O3S2. The van der Waals surface area contributed by atoms with E-state index in [9.17, 15) is 13.2 Å². The molecule has 0 aliphatic carbocycles. The van der Waals surface area contributed by atoms with Crippen LogP contribution in [0.15, 0.2) is 22.5 Å². The molecule has 8 heteroatoms. The van der Waals surface area contributed by atoms with E-state index in [0.29, 0.717) is 10.6 Å².